The summed E-state index contributed by atoms with van der Waals surface area (Å²) < 4.78 is 0. The Hall–Kier alpha value is -2.82. The molecular weight excluding hydrogens is 318 g/mol. The maximum absolute atomic E-state index is 12.5. The molecule has 2 aromatic rings. The number of phenolic OH excluding ortho intramolecular Hbond substituents is 2. The summed E-state index contributed by atoms with van der Waals surface area (Å²) in [5.74, 6) is 0.206. The third-order valence-corrected chi connectivity index (χ3v) is 4.70. The largest absolute Gasteiger partial charge is 0.508 e. The van der Waals surface area contributed by atoms with E-state index < -0.39 is 0 Å². The normalized spacial score (nSPS) is 15.1. The van der Waals surface area contributed by atoms with Gasteiger partial charge >= 0.3 is 0 Å². The number of likely N-dealkylation sites (tertiary alicyclic amines) is 1. The fraction of sp³-hybridized carbons (Fsp3) is 0.300. The zero-order valence-corrected chi connectivity index (χ0v) is 13.9. The second-order valence-electron chi connectivity index (χ2n) is 6.37. The van der Waals surface area contributed by atoms with Crippen LogP contribution in [0.1, 0.15) is 28.8 Å². The molecule has 1 fully saturated rings. The molecule has 3 rings (SSSR count). The van der Waals surface area contributed by atoms with E-state index in [0.29, 0.717) is 37.1 Å². The lowest BCUT2D eigenvalue weighted by molar-refractivity contribution is -0.131. The number of para-hydroxylation sites is 1. The third kappa shape index (κ3) is 3.99. The molecule has 5 nitrogen and oxygen atoms in total. The minimum absolute atomic E-state index is 0.0305. The van der Waals surface area contributed by atoms with Crippen LogP contribution in [0.3, 0.4) is 0 Å². The van der Waals surface area contributed by atoms with Crippen molar-refractivity contribution in [2.45, 2.75) is 19.3 Å². The molecule has 25 heavy (non-hydrogen) atoms. The minimum atomic E-state index is -0.0984. The first-order valence-corrected chi connectivity index (χ1v) is 8.42. The van der Waals surface area contributed by atoms with Crippen molar-refractivity contribution in [3.05, 3.63) is 59.7 Å². The number of benzene rings is 2. The van der Waals surface area contributed by atoms with Gasteiger partial charge in [-0.25, -0.2) is 0 Å². The Labute approximate surface area is 146 Å². The van der Waals surface area contributed by atoms with Crippen molar-refractivity contribution in [2.24, 2.45) is 5.92 Å². The summed E-state index contributed by atoms with van der Waals surface area (Å²) in [6.07, 6.45) is 1.43. The molecule has 0 spiro atoms. The zero-order chi connectivity index (χ0) is 17.8. The second kappa shape index (κ2) is 7.38. The van der Waals surface area contributed by atoms with E-state index in [4.69, 9.17) is 0 Å². The summed E-state index contributed by atoms with van der Waals surface area (Å²) in [7, 11) is 0. The topological polar surface area (TPSA) is 77.8 Å². The van der Waals surface area contributed by atoms with Gasteiger partial charge in [0, 0.05) is 30.1 Å². The smallest absolute Gasteiger partial charge is 0.227 e. The van der Waals surface area contributed by atoms with Crippen molar-refractivity contribution in [1.29, 1.82) is 0 Å². The Morgan fingerprint density at radius 1 is 0.960 bits per heavy atom. The Morgan fingerprint density at radius 2 is 1.60 bits per heavy atom. The molecule has 1 aliphatic rings. The molecule has 2 aromatic carbocycles. The number of piperidine rings is 1. The summed E-state index contributed by atoms with van der Waals surface area (Å²) in [5, 5.41) is 19.1. The van der Waals surface area contributed by atoms with Crippen LogP contribution in [0.5, 0.6) is 11.5 Å². The molecule has 130 valence electrons. The highest BCUT2D eigenvalue weighted by Gasteiger charge is 2.28. The Balaban J connectivity index is 1.56. The van der Waals surface area contributed by atoms with Crippen molar-refractivity contribution in [3.63, 3.8) is 0 Å². The number of aromatic hydroxyl groups is 2. The molecule has 0 aromatic heterocycles. The van der Waals surface area contributed by atoms with Gasteiger partial charge in [0.25, 0.3) is 0 Å². The number of rotatable bonds is 4. The molecule has 5 heteroatoms. The molecule has 1 saturated heterocycles. The van der Waals surface area contributed by atoms with E-state index in [-0.39, 0.29) is 35.5 Å². The fourth-order valence-corrected chi connectivity index (χ4v) is 3.19. The molecule has 0 atom stereocenters. The number of hydrogen-bond acceptors (Lipinski definition) is 4. The zero-order valence-electron chi connectivity index (χ0n) is 13.9. The SMILES string of the molecule is O=C(c1ccc(O)cc1)C1CCN(C(=O)Cc2ccccc2O)CC1. The van der Waals surface area contributed by atoms with E-state index in [9.17, 15) is 19.8 Å². The molecule has 1 aliphatic heterocycles. The summed E-state index contributed by atoms with van der Waals surface area (Å²) in [6.45, 7) is 1.09. The molecule has 1 amide bonds. The average molecular weight is 339 g/mol. The number of Topliss-reactive ketones (excluding diaryl/α,β-unsaturated/α-hetero) is 1. The standard InChI is InChI=1S/C20H21NO4/c22-17-7-5-14(6-8-17)20(25)15-9-11-21(12-10-15)19(24)13-16-3-1-2-4-18(16)23/h1-8,15,22-23H,9-13H2. The first kappa shape index (κ1) is 17.0. The van der Waals surface area contributed by atoms with Crippen LogP contribution in [0, 0.1) is 5.92 Å². The Bertz CT molecular complexity index is 762. The monoisotopic (exact) mass is 339 g/mol. The maximum atomic E-state index is 12.5. The van der Waals surface area contributed by atoms with Gasteiger partial charge in [0.1, 0.15) is 11.5 Å². The van der Waals surface area contributed by atoms with Crippen molar-refractivity contribution in [2.75, 3.05) is 13.1 Å². The summed E-state index contributed by atoms with van der Waals surface area (Å²) >= 11 is 0. The Morgan fingerprint density at radius 3 is 2.24 bits per heavy atom. The maximum Gasteiger partial charge on any atom is 0.227 e. The second-order valence-corrected chi connectivity index (χ2v) is 6.37. The molecule has 0 unspecified atom stereocenters. The number of carbonyl (C=O) groups excluding carboxylic acids is 2. The van der Waals surface area contributed by atoms with Gasteiger partial charge in [-0.1, -0.05) is 18.2 Å². The predicted molar refractivity (Wildman–Crippen MR) is 93.6 cm³/mol. The predicted octanol–water partition coefficient (Wildman–Crippen LogP) is 2.76. The lowest BCUT2D eigenvalue weighted by atomic mass is 9.88. The molecule has 1 heterocycles. The molecule has 0 radical (unpaired) electrons. The lowest BCUT2D eigenvalue weighted by Crippen LogP contribution is -2.41. The van der Waals surface area contributed by atoms with Crippen LogP contribution in [0.25, 0.3) is 0 Å². The third-order valence-electron chi connectivity index (χ3n) is 4.70. The Kier molecular flexibility index (Phi) is 5.03. The molecule has 0 bridgehead atoms. The quantitative estimate of drug-likeness (QED) is 0.840. The van der Waals surface area contributed by atoms with Gasteiger partial charge in [-0.3, -0.25) is 9.59 Å². The van der Waals surface area contributed by atoms with Gasteiger partial charge in [-0.05, 0) is 43.2 Å². The van der Waals surface area contributed by atoms with E-state index in [1.165, 1.54) is 12.1 Å². The summed E-state index contributed by atoms with van der Waals surface area (Å²) in [4.78, 5) is 26.7. The van der Waals surface area contributed by atoms with Crippen LogP contribution in [-0.4, -0.2) is 39.9 Å². The highest BCUT2D eigenvalue weighted by molar-refractivity contribution is 5.98. The first-order valence-electron chi connectivity index (χ1n) is 8.42. The van der Waals surface area contributed by atoms with Gasteiger partial charge in [0.05, 0.1) is 6.42 Å². The van der Waals surface area contributed by atoms with Crippen molar-refractivity contribution >= 4 is 11.7 Å². The highest BCUT2D eigenvalue weighted by atomic mass is 16.3. The minimum Gasteiger partial charge on any atom is -0.508 e. The number of ketones is 1. The summed E-state index contributed by atoms with van der Waals surface area (Å²) in [6, 6.07) is 13.1. The van der Waals surface area contributed by atoms with Crippen molar-refractivity contribution < 1.29 is 19.8 Å². The van der Waals surface area contributed by atoms with Crippen molar-refractivity contribution in [3.8, 4) is 11.5 Å². The number of carbonyl (C=O) groups is 2. The van der Waals surface area contributed by atoms with Gasteiger partial charge < -0.3 is 15.1 Å². The molecule has 0 saturated carbocycles. The highest BCUT2D eigenvalue weighted by Crippen LogP contribution is 2.24. The number of amides is 1. The van der Waals surface area contributed by atoms with E-state index in [0.717, 1.165) is 0 Å². The lowest BCUT2D eigenvalue weighted by Gasteiger charge is -2.31. The average Bonchev–Trinajstić information content (AvgIpc) is 2.64. The number of hydrogen-bond donors (Lipinski definition) is 2. The van der Waals surface area contributed by atoms with Crippen LogP contribution in [-0.2, 0) is 11.2 Å². The van der Waals surface area contributed by atoms with Crippen LogP contribution < -0.4 is 0 Å². The summed E-state index contributed by atoms with van der Waals surface area (Å²) in [5.41, 5.74) is 1.21. The van der Waals surface area contributed by atoms with Crippen LogP contribution in [0.4, 0.5) is 0 Å². The van der Waals surface area contributed by atoms with Crippen LogP contribution >= 0.6 is 0 Å². The first-order chi connectivity index (χ1) is 12.0. The van der Waals surface area contributed by atoms with Gasteiger partial charge in [-0.2, -0.15) is 0 Å². The van der Waals surface area contributed by atoms with Crippen molar-refractivity contribution in [1.82, 2.24) is 4.90 Å². The van der Waals surface area contributed by atoms with E-state index >= 15 is 0 Å². The number of phenols is 2. The van der Waals surface area contributed by atoms with E-state index in [1.807, 2.05) is 0 Å². The van der Waals surface area contributed by atoms with Gasteiger partial charge in [-0.15, -0.1) is 0 Å². The number of nitrogens with zero attached hydrogens (tertiary/aromatic N) is 1. The molecular formula is C20H21NO4. The van der Waals surface area contributed by atoms with Crippen LogP contribution in [0.2, 0.25) is 0 Å². The van der Waals surface area contributed by atoms with Crippen LogP contribution in [0.15, 0.2) is 48.5 Å². The molecule has 2 N–H and O–H groups in total. The van der Waals surface area contributed by atoms with E-state index in [1.54, 1.807) is 41.3 Å². The van der Waals surface area contributed by atoms with E-state index in [2.05, 4.69) is 0 Å². The van der Waals surface area contributed by atoms with Gasteiger partial charge in [0.2, 0.25) is 5.91 Å². The molecule has 0 aliphatic carbocycles. The van der Waals surface area contributed by atoms with Gasteiger partial charge in [0.15, 0.2) is 5.78 Å². The fourth-order valence-electron chi connectivity index (χ4n) is 3.19.